The van der Waals surface area contributed by atoms with Gasteiger partial charge in [-0.2, -0.15) is 0 Å². The lowest BCUT2D eigenvalue weighted by Gasteiger charge is -2.61. The van der Waals surface area contributed by atoms with E-state index in [0.29, 0.717) is 53.1 Å². The number of aliphatic hydroxyl groups is 2. The lowest BCUT2D eigenvalue weighted by molar-refractivity contribution is -0.315. The Balaban J connectivity index is 0.870. The van der Waals surface area contributed by atoms with E-state index in [-0.39, 0.29) is 29.1 Å². The van der Waals surface area contributed by atoms with Gasteiger partial charge in [-0.15, -0.1) is 0 Å². The smallest absolute Gasteiger partial charge is 0.338 e. The number of hydrogen-bond acceptors (Lipinski definition) is 10. The van der Waals surface area contributed by atoms with Crippen molar-refractivity contribution in [3.63, 3.8) is 0 Å². The van der Waals surface area contributed by atoms with Crippen LogP contribution in [0.3, 0.4) is 0 Å². The van der Waals surface area contributed by atoms with E-state index in [1.807, 2.05) is 0 Å². The SMILES string of the molecule is C[C@H]1CC[C@@]2(OC1)O[C@H]1C[C@H]3[C@@H]4CCC5C[C@@H](OC6OC(COC(=O)c7ccccc7)C(O)C(OC(=O)c7ccccc7)C6O)CC[C@]5(C)[C@H]4CC[C@]3(C)[C@H]1[C@@H]2C. The van der Waals surface area contributed by atoms with Crippen LogP contribution in [0.5, 0.6) is 0 Å². The van der Waals surface area contributed by atoms with Gasteiger partial charge >= 0.3 is 11.9 Å². The van der Waals surface area contributed by atoms with Crippen LogP contribution in [0.15, 0.2) is 60.7 Å². The van der Waals surface area contributed by atoms with E-state index in [1.54, 1.807) is 60.7 Å². The van der Waals surface area contributed by atoms with Crippen molar-refractivity contribution in [2.45, 2.75) is 141 Å². The molecule has 10 heteroatoms. The van der Waals surface area contributed by atoms with Crippen molar-refractivity contribution in [3.05, 3.63) is 71.8 Å². The molecule has 2 N–H and O–H groups in total. The second kappa shape index (κ2) is 15.3. The Morgan fingerprint density at radius 3 is 2.19 bits per heavy atom. The van der Waals surface area contributed by atoms with Gasteiger partial charge in [0.25, 0.3) is 0 Å². The third-order valence-corrected chi connectivity index (χ3v) is 16.5. The topological polar surface area (TPSA) is 130 Å². The highest BCUT2D eigenvalue weighted by Crippen LogP contribution is 2.71. The standard InChI is InChI=1S/C47H62O10/c1-27-17-22-47(53-25-27)28(2)38-36(57-47)24-35-33-16-15-31-23-32(18-20-45(31,3)34(33)19-21-46(35,38)4)54-44-40(49)41(56-43(51)30-13-9-6-10-14-30)39(48)37(55-44)26-52-42(50)29-11-7-5-8-12-29/h5-14,27-28,31-41,44,48-49H,15-26H2,1-4H3/t27-,28-,31?,32-,33+,34-,35-,36-,37?,38-,39?,40?,41?,44?,45-,46-,47+/m0/s1. The fourth-order valence-electron chi connectivity index (χ4n) is 13.4. The molecule has 4 aliphatic carbocycles. The molecule has 10 nitrogen and oxygen atoms in total. The summed E-state index contributed by atoms with van der Waals surface area (Å²) >= 11 is 0. The summed E-state index contributed by atoms with van der Waals surface area (Å²) in [5.41, 5.74) is 1.12. The molecule has 0 amide bonds. The van der Waals surface area contributed by atoms with Gasteiger partial charge in [-0.1, -0.05) is 64.1 Å². The van der Waals surface area contributed by atoms with Gasteiger partial charge in [0.05, 0.1) is 29.9 Å². The van der Waals surface area contributed by atoms with Gasteiger partial charge in [-0.05, 0) is 128 Å². The summed E-state index contributed by atoms with van der Waals surface area (Å²) in [5, 5.41) is 23.0. The van der Waals surface area contributed by atoms with Crippen LogP contribution >= 0.6 is 0 Å². The van der Waals surface area contributed by atoms with Crippen molar-refractivity contribution < 1.29 is 48.2 Å². The van der Waals surface area contributed by atoms with E-state index in [0.717, 1.165) is 45.1 Å². The van der Waals surface area contributed by atoms with Crippen LogP contribution in [0.25, 0.3) is 0 Å². The van der Waals surface area contributed by atoms with Crippen molar-refractivity contribution in [2.75, 3.05) is 13.2 Å². The monoisotopic (exact) mass is 786 g/mol. The molecule has 3 aliphatic heterocycles. The van der Waals surface area contributed by atoms with E-state index in [9.17, 15) is 19.8 Å². The van der Waals surface area contributed by atoms with Gasteiger partial charge < -0.3 is 38.6 Å². The number of fused-ring (bicyclic) bond motifs is 7. The van der Waals surface area contributed by atoms with E-state index >= 15 is 0 Å². The zero-order valence-electron chi connectivity index (χ0n) is 34.0. The van der Waals surface area contributed by atoms with Crippen molar-refractivity contribution >= 4 is 11.9 Å². The molecule has 9 rings (SSSR count). The zero-order valence-corrected chi connectivity index (χ0v) is 34.0. The Morgan fingerprint density at radius 1 is 0.789 bits per heavy atom. The van der Waals surface area contributed by atoms with Crippen molar-refractivity contribution in [2.24, 2.45) is 52.3 Å². The molecule has 0 bridgehead atoms. The largest absolute Gasteiger partial charge is 0.459 e. The maximum Gasteiger partial charge on any atom is 0.338 e. The highest BCUT2D eigenvalue weighted by Gasteiger charge is 2.69. The van der Waals surface area contributed by atoms with Crippen LogP contribution in [-0.4, -0.2) is 84.1 Å². The number of ether oxygens (including phenoxy) is 6. The number of aliphatic hydroxyl groups excluding tert-OH is 2. The van der Waals surface area contributed by atoms with E-state index in [1.165, 1.54) is 25.7 Å². The minimum atomic E-state index is -1.47. The first-order valence-electron chi connectivity index (χ1n) is 21.9. The third kappa shape index (κ3) is 6.88. The van der Waals surface area contributed by atoms with Gasteiger partial charge in [0, 0.05) is 12.3 Å². The molecule has 2 aromatic carbocycles. The second-order valence-corrected chi connectivity index (χ2v) is 19.4. The molecule has 310 valence electrons. The molecule has 57 heavy (non-hydrogen) atoms. The molecule has 7 fully saturated rings. The summed E-state index contributed by atoms with van der Waals surface area (Å²) in [5.74, 6) is 2.40. The lowest BCUT2D eigenvalue weighted by atomic mass is 9.44. The molecule has 17 atom stereocenters. The van der Waals surface area contributed by atoms with Crippen LogP contribution in [0.4, 0.5) is 0 Å². The number of hydrogen-bond donors (Lipinski definition) is 2. The van der Waals surface area contributed by atoms with Gasteiger partial charge in [-0.25, -0.2) is 9.59 Å². The van der Waals surface area contributed by atoms with Crippen LogP contribution in [0.2, 0.25) is 0 Å². The maximum absolute atomic E-state index is 13.2. The first-order valence-corrected chi connectivity index (χ1v) is 21.9. The maximum atomic E-state index is 13.2. The lowest BCUT2D eigenvalue weighted by Crippen LogP contribution is -2.61. The minimum absolute atomic E-state index is 0.184. The number of rotatable bonds is 7. The van der Waals surface area contributed by atoms with E-state index in [2.05, 4.69) is 27.7 Å². The summed E-state index contributed by atoms with van der Waals surface area (Å²) in [7, 11) is 0. The van der Waals surface area contributed by atoms with Gasteiger partial charge in [0.1, 0.15) is 24.9 Å². The number of carbonyl (C=O) groups excluding carboxylic acids is 2. The molecular formula is C47H62O10. The molecule has 7 aliphatic rings. The first-order chi connectivity index (χ1) is 27.4. The van der Waals surface area contributed by atoms with Crippen LogP contribution in [0.1, 0.15) is 113 Å². The van der Waals surface area contributed by atoms with Crippen LogP contribution < -0.4 is 0 Å². The number of benzene rings is 2. The predicted molar refractivity (Wildman–Crippen MR) is 210 cm³/mol. The summed E-state index contributed by atoms with van der Waals surface area (Å²) in [6.45, 7) is 10.3. The average molecular weight is 787 g/mol. The molecule has 3 saturated heterocycles. The highest BCUT2D eigenvalue weighted by molar-refractivity contribution is 5.90. The summed E-state index contributed by atoms with van der Waals surface area (Å²) in [4.78, 5) is 26.0. The first kappa shape index (κ1) is 39.6. The van der Waals surface area contributed by atoms with E-state index < -0.39 is 48.4 Å². The quantitative estimate of drug-likeness (QED) is 0.217. The molecule has 3 heterocycles. The number of carbonyl (C=O) groups is 2. The van der Waals surface area contributed by atoms with Crippen molar-refractivity contribution in [1.82, 2.24) is 0 Å². The summed E-state index contributed by atoms with van der Waals surface area (Å²) in [6.07, 6.45) is 4.42. The van der Waals surface area contributed by atoms with Crippen LogP contribution in [-0.2, 0) is 28.4 Å². The summed E-state index contributed by atoms with van der Waals surface area (Å²) in [6, 6.07) is 17.0. The molecule has 2 aromatic rings. The minimum Gasteiger partial charge on any atom is -0.459 e. The Bertz CT molecular complexity index is 1750. The Morgan fingerprint density at radius 2 is 1.49 bits per heavy atom. The fourth-order valence-corrected chi connectivity index (χ4v) is 13.4. The normalized spacial score (nSPS) is 46.3. The molecule has 0 radical (unpaired) electrons. The molecule has 0 aromatic heterocycles. The molecular weight excluding hydrogens is 725 g/mol. The zero-order chi connectivity index (χ0) is 39.7. The fraction of sp³-hybridized carbons (Fsp3) is 0.702. The highest BCUT2D eigenvalue weighted by atomic mass is 16.7. The Kier molecular flexibility index (Phi) is 10.6. The van der Waals surface area contributed by atoms with Crippen molar-refractivity contribution in [3.8, 4) is 0 Å². The Hall–Kier alpha value is -2.86. The summed E-state index contributed by atoms with van der Waals surface area (Å²) < 4.78 is 37.7. The van der Waals surface area contributed by atoms with E-state index in [4.69, 9.17) is 28.4 Å². The Labute approximate surface area is 337 Å². The molecule has 1 spiro atoms. The molecule has 6 unspecified atom stereocenters. The third-order valence-electron chi connectivity index (χ3n) is 16.5. The molecule has 4 saturated carbocycles. The second-order valence-electron chi connectivity index (χ2n) is 19.4. The predicted octanol–water partition coefficient (Wildman–Crippen LogP) is 7.35. The van der Waals surface area contributed by atoms with Crippen molar-refractivity contribution in [1.29, 1.82) is 0 Å². The van der Waals surface area contributed by atoms with Gasteiger partial charge in [-0.3, -0.25) is 0 Å². The van der Waals surface area contributed by atoms with Gasteiger partial charge in [0.15, 0.2) is 18.2 Å². The number of esters is 2. The van der Waals surface area contributed by atoms with Gasteiger partial charge in [0.2, 0.25) is 0 Å². The average Bonchev–Trinajstić information content (AvgIpc) is 3.67. The van der Waals surface area contributed by atoms with Crippen LogP contribution in [0, 0.1) is 52.3 Å².